The molecule has 2 aromatic rings. The fourth-order valence-electron chi connectivity index (χ4n) is 1.36. The Morgan fingerprint density at radius 1 is 1.46 bits per heavy atom. The summed E-state index contributed by atoms with van der Waals surface area (Å²) in [4.78, 5) is 0. The molecule has 1 N–H and O–H groups in total. The molecule has 0 aliphatic heterocycles. The smallest absolute Gasteiger partial charge is 0.135 e. The van der Waals surface area contributed by atoms with Crippen LogP contribution in [0, 0.1) is 0 Å². The molecule has 0 fully saturated rings. The van der Waals surface area contributed by atoms with E-state index in [0.717, 1.165) is 16.5 Å². The highest BCUT2D eigenvalue weighted by atomic mass is 35.5. The lowest BCUT2D eigenvalue weighted by atomic mass is 10.1. The summed E-state index contributed by atoms with van der Waals surface area (Å²) >= 11 is 7.47. The summed E-state index contributed by atoms with van der Waals surface area (Å²) in [6.07, 6.45) is 1.00. The van der Waals surface area contributed by atoms with Gasteiger partial charge in [0.25, 0.3) is 0 Å². The summed E-state index contributed by atoms with van der Waals surface area (Å²) in [5, 5.41) is 13.1. The van der Waals surface area contributed by atoms with Crippen molar-refractivity contribution in [2.45, 2.75) is 13.3 Å². The molecule has 2 rings (SSSR count). The van der Waals surface area contributed by atoms with E-state index >= 15 is 0 Å². The first kappa shape index (κ1) is 8.85. The fraction of sp³-hybridized carbons (Fsp3) is 0.200. The average Bonchev–Trinajstić information content (AvgIpc) is 2.48. The molecular weight excluding hydrogens is 204 g/mol. The van der Waals surface area contributed by atoms with Crippen molar-refractivity contribution in [3.8, 4) is 5.75 Å². The molecule has 1 aromatic heterocycles. The van der Waals surface area contributed by atoms with Crippen LogP contribution in [0.1, 0.15) is 12.5 Å². The quantitative estimate of drug-likeness (QED) is 0.762. The maximum Gasteiger partial charge on any atom is 0.135 e. The van der Waals surface area contributed by atoms with Crippen molar-refractivity contribution in [3.05, 3.63) is 28.1 Å². The summed E-state index contributed by atoms with van der Waals surface area (Å²) in [6.45, 7) is 2.11. The number of aryl methyl sites for hydroxylation is 1. The van der Waals surface area contributed by atoms with Crippen molar-refractivity contribution in [1.29, 1.82) is 0 Å². The highest BCUT2D eigenvalue weighted by Gasteiger charge is 2.06. The molecule has 0 aliphatic carbocycles. The minimum atomic E-state index is 0.165. The summed E-state index contributed by atoms with van der Waals surface area (Å²) < 4.78 is 1.10. The van der Waals surface area contributed by atoms with E-state index in [4.69, 9.17) is 11.6 Å². The molecule has 0 radical (unpaired) electrons. The number of aromatic hydroxyl groups is 1. The van der Waals surface area contributed by atoms with Crippen LogP contribution in [0.3, 0.4) is 0 Å². The predicted molar refractivity (Wildman–Crippen MR) is 57.9 cm³/mol. The zero-order valence-corrected chi connectivity index (χ0v) is 8.75. The molecule has 1 heterocycles. The lowest BCUT2D eigenvalue weighted by molar-refractivity contribution is 0.476. The number of benzene rings is 1. The first-order valence-corrected chi connectivity index (χ1v) is 5.36. The Bertz CT molecular complexity index is 447. The normalized spacial score (nSPS) is 10.9. The third-order valence-electron chi connectivity index (χ3n) is 2.10. The van der Waals surface area contributed by atoms with Crippen molar-refractivity contribution in [2.24, 2.45) is 0 Å². The molecule has 0 aliphatic rings. The van der Waals surface area contributed by atoms with Crippen molar-refractivity contribution in [1.82, 2.24) is 0 Å². The second-order valence-electron chi connectivity index (χ2n) is 2.91. The van der Waals surface area contributed by atoms with Crippen LogP contribution < -0.4 is 0 Å². The van der Waals surface area contributed by atoms with Crippen LogP contribution in [0.4, 0.5) is 0 Å². The van der Waals surface area contributed by atoms with E-state index < -0.39 is 0 Å². The predicted octanol–water partition coefficient (Wildman–Crippen LogP) is 3.82. The maximum absolute atomic E-state index is 9.37. The number of hydrogen-bond donors (Lipinski definition) is 1. The monoisotopic (exact) mass is 212 g/mol. The molecule has 1 aromatic carbocycles. The van der Waals surface area contributed by atoms with Crippen molar-refractivity contribution < 1.29 is 5.11 Å². The van der Waals surface area contributed by atoms with Gasteiger partial charge in [-0.3, -0.25) is 0 Å². The number of phenolic OH excluding ortho intramolecular Hbond substituents is 1. The number of fused-ring (bicyclic) bond motifs is 1. The average molecular weight is 213 g/mol. The van der Waals surface area contributed by atoms with Crippen LogP contribution in [-0.4, -0.2) is 5.11 Å². The summed E-state index contributed by atoms with van der Waals surface area (Å²) in [7, 11) is 0. The molecule has 1 nitrogen and oxygen atoms in total. The highest BCUT2D eigenvalue weighted by molar-refractivity contribution is 7.17. The molecule has 13 heavy (non-hydrogen) atoms. The number of phenols is 1. The van der Waals surface area contributed by atoms with Crippen LogP contribution in [0.2, 0.25) is 5.02 Å². The zero-order chi connectivity index (χ0) is 9.42. The third-order valence-corrected chi connectivity index (χ3v) is 3.40. The Labute approximate surface area is 85.6 Å². The van der Waals surface area contributed by atoms with Crippen LogP contribution in [0.15, 0.2) is 17.5 Å². The molecular formula is C10H9ClOS. The summed E-state index contributed by atoms with van der Waals surface area (Å²) in [5.41, 5.74) is 1.29. The van der Waals surface area contributed by atoms with Gasteiger partial charge in [-0.25, -0.2) is 0 Å². The minimum absolute atomic E-state index is 0.165. The molecule has 68 valence electrons. The Balaban J connectivity index is 2.77. The lowest BCUT2D eigenvalue weighted by Gasteiger charge is -1.98. The van der Waals surface area contributed by atoms with E-state index in [-0.39, 0.29) is 5.75 Å². The van der Waals surface area contributed by atoms with Gasteiger partial charge in [0, 0.05) is 4.70 Å². The molecule has 0 saturated heterocycles. The number of thiophene rings is 1. The Morgan fingerprint density at radius 3 is 2.92 bits per heavy atom. The van der Waals surface area contributed by atoms with Gasteiger partial charge in [0.15, 0.2) is 0 Å². The molecule has 3 heteroatoms. The topological polar surface area (TPSA) is 20.2 Å². The van der Waals surface area contributed by atoms with E-state index in [1.807, 2.05) is 6.07 Å². The second kappa shape index (κ2) is 3.20. The van der Waals surface area contributed by atoms with Crippen molar-refractivity contribution in [3.63, 3.8) is 0 Å². The minimum Gasteiger partial charge on any atom is -0.506 e. The molecule has 0 bridgehead atoms. The highest BCUT2D eigenvalue weighted by Crippen LogP contribution is 2.34. The van der Waals surface area contributed by atoms with Gasteiger partial charge < -0.3 is 5.11 Å². The lowest BCUT2D eigenvalue weighted by Crippen LogP contribution is -1.75. The molecule has 0 unspecified atom stereocenters. The fourth-order valence-corrected chi connectivity index (χ4v) is 2.59. The van der Waals surface area contributed by atoms with Crippen LogP contribution in [0.5, 0.6) is 5.75 Å². The van der Waals surface area contributed by atoms with Gasteiger partial charge in [0.1, 0.15) is 5.75 Å². The van der Waals surface area contributed by atoms with E-state index in [0.29, 0.717) is 5.02 Å². The van der Waals surface area contributed by atoms with E-state index in [9.17, 15) is 5.11 Å². The van der Waals surface area contributed by atoms with Crippen LogP contribution >= 0.6 is 22.9 Å². The second-order valence-corrected chi connectivity index (χ2v) is 4.23. The SMILES string of the molecule is CCc1csc2cc(O)c(Cl)cc12. The van der Waals surface area contributed by atoms with Gasteiger partial charge in [0.2, 0.25) is 0 Å². The number of rotatable bonds is 1. The first-order chi connectivity index (χ1) is 6.22. The van der Waals surface area contributed by atoms with E-state index in [1.54, 1.807) is 17.4 Å². The van der Waals surface area contributed by atoms with Crippen LogP contribution in [-0.2, 0) is 6.42 Å². The zero-order valence-electron chi connectivity index (χ0n) is 7.17. The van der Waals surface area contributed by atoms with Crippen molar-refractivity contribution in [2.75, 3.05) is 0 Å². The standard InChI is InChI=1S/C10H9ClOS/c1-2-6-5-13-10-4-9(12)8(11)3-7(6)10/h3-5,12H,2H2,1H3. The summed E-state index contributed by atoms with van der Waals surface area (Å²) in [6, 6.07) is 3.56. The Morgan fingerprint density at radius 2 is 2.23 bits per heavy atom. The van der Waals surface area contributed by atoms with Crippen molar-refractivity contribution >= 4 is 33.0 Å². The molecule has 0 atom stereocenters. The Hall–Kier alpha value is -0.730. The summed E-state index contributed by atoms with van der Waals surface area (Å²) in [5.74, 6) is 0.165. The maximum atomic E-state index is 9.37. The van der Waals surface area contributed by atoms with Gasteiger partial charge in [-0.1, -0.05) is 18.5 Å². The molecule has 0 amide bonds. The van der Waals surface area contributed by atoms with Gasteiger partial charge >= 0.3 is 0 Å². The van der Waals surface area contributed by atoms with Crippen LogP contribution in [0.25, 0.3) is 10.1 Å². The van der Waals surface area contributed by atoms with E-state index in [1.165, 1.54) is 5.56 Å². The van der Waals surface area contributed by atoms with Gasteiger partial charge in [-0.2, -0.15) is 0 Å². The van der Waals surface area contributed by atoms with Gasteiger partial charge in [0.05, 0.1) is 5.02 Å². The van der Waals surface area contributed by atoms with E-state index in [2.05, 4.69) is 12.3 Å². The Kier molecular flexibility index (Phi) is 2.18. The number of halogens is 1. The van der Waals surface area contributed by atoms with Gasteiger partial charge in [-0.15, -0.1) is 11.3 Å². The van der Waals surface area contributed by atoms with Gasteiger partial charge in [-0.05, 0) is 34.9 Å². The third kappa shape index (κ3) is 1.40. The first-order valence-electron chi connectivity index (χ1n) is 4.11. The molecule has 0 spiro atoms. The number of hydrogen-bond acceptors (Lipinski definition) is 2. The molecule has 0 saturated carbocycles. The largest absolute Gasteiger partial charge is 0.506 e.